The highest BCUT2D eigenvalue weighted by molar-refractivity contribution is 5.67. The van der Waals surface area contributed by atoms with E-state index in [1.165, 1.54) is 44.1 Å². The molecule has 0 aromatic heterocycles. The van der Waals surface area contributed by atoms with Crippen molar-refractivity contribution in [3.8, 4) is 23.3 Å². The average Bonchev–Trinajstić information content (AvgIpc) is 2.68. The fourth-order valence-corrected chi connectivity index (χ4v) is 4.05. The van der Waals surface area contributed by atoms with E-state index in [1.807, 2.05) is 12.1 Å². The van der Waals surface area contributed by atoms with E-state index >= 15 is 0 Å². The molecule has 2 nitrogen and oxygen atoms in total. The molecule has 1 aliphatic carbocycles. The normalized spacial score (nSPS) is 19.8. The molecule has 0 saturated heterocycles. The first kappa shape index (κ1) is 17.2. The van der Waals surface area contributed by atoms with Crippen LogP contribution in [0.3, 0.4) is 0 Å². The Kier molecular flexibility index (Phi) is 5.52. The van der Waals surface area contributed by atoms with E-state index in [2.05, 4.69) is 43.3 Å². The fraction of sp³-hybridized carbons (Fsp3) is 0.391. The molecule has 1 aliphatic rings. The maximum absolute atomic E-state index is 9.19. The van der Waals surface area contributed by atoms with Crippen LogP contribution >= 0.6 is 0 Å². The minimum absolute atomic E-state index is 0.437. The lowest BCUT2D eigenvalue weighted by Crippen LogP contribution is -2.13. The van der Waals surface area contributed by atoms with Crippen LogP contribution in [0, 0.1) is 28.6 Å². The van der Waals surface area contributed by atoms with Crippen molar-refractivity contribution in [3.05, 3.63) is 59.2 Å². The van der Waals surface area contributed by atoms with Crippen molar-refractivity contribution in [3.63, 3.8) is 0 Å². The lowest BCUT2D eigenvalue weighted by molar-refractivity contribution is 0.308. The van der Waals surface area contributed by atoms with Gasteiger partial charge in [0, 0.05) is 0 Å². The third-order valence-corrected chi connectivity index (χ3v) is 5.52. The number of hydrogen-bond donors (Lipinski definition) is 0. The van der Waals surface area contributed by atoms with Gasteiger partial charge in [0.25, 0.3) is 0 Å². The first-order valence-corrected chi connectivity index (χ1v) is 9.29. The molecule has 0 atom stereocenters. The SMILES string of the molecule is CCCC1CCC(c2ccc(-c3ccc(C#N)c(C#N)c3)cc2)CC1. The molecule has 0 spiro atoms. The Labute approximate surface area is 150 Å². The lowest BCUT2D eigenvalue weighted by atomic mass is 9.77. The molecule has 0 radical (unpaired) electrons. The highest BCUT2D eigenvalue weighted by atomic mass is 14.3. The Morgan fingerprint density at radius 2 is 1.48 bits per heavy atom. The number of nitriles is 2. The Bertz CT molecular complexity index is 797. The lowest BCUT2D eigenvalue weighted by Gasteiger charge is -2.28. The summed E-state index contributed by atoms with van der Waals surface area (Å²) in [5.74, 6) is 1.63. The fourth-order valence-electron chi connectivity index (χ4n) is 4.05. The second-order valence-electron chi connectivity index (χ2n) is 7.11. The summed E-state index contributed by atoms with van der Waals surface area (Å²) >= 11 is 0. The third-order valence-electron chi connectivity index (χ3n) is 5.52. The van der Waals surface area contributed by atoms with Crippen molar-refractivity contribution in [2.24, 2.45) is 5.92 Å². The molecule has 0 amide bonds. The molecule has 2 aromatic carbocycles. The molecule has 3 rings (SSSR count). The summed E-state index contributed by atoms with van der Waals surface area (Å²) in [7, 11) is 0. The second-order valence-corrected chi connectivity index (χ2v) is 7.11. The smallest absolute Gasteiger partial charge is 0.101 e. The maximum atomic E-state index is 9.19. The molecule has 126 valence electrons. The topological polar surface area (TPSA) is 47.6 Å². The van der Waals surface area contributed by atoms with Gasteiger partial charge in [-0.3, -0.25) is 0 Å². The van der Waals surface area contributed by atoms with Crippen molar-refractivity contribution in [2.75, 3.05) is 0 Å². The zero-order chi connectivity index (χ0) is 17.6. The van der Waals surface area contributed by atoms with Crippen LogP contribution in [0.4, 0.5) is 0 Å². The van der Waals surface area contributed by atoms with E-state index in [0.29, 0.717) is 17.0 Å². The summed E-state index contributed by atoms with van der Waals surface area (Å²) in [5, 5.41) is 18.2. The van der Waals surface area contributed by atoms with Crippen LogP contribution in [-0.4, -0.2) is 0 Å². The van der Waals surface area contributed by atoms with Gasteiger partial charge in [-0.05, 0) is 66.3 Å². The minimum atomic E-state index is 0.437. The summed E-state index contributed by atoms with van der Waals surface area (Å²) in [6.07, 6.45) is 8.02. The Morgan fingerprint density at radius 1 is 0.840 bits per heavy atom. The van der Waals surface area contributed by atoms with E-state index < -0.39 is 0 Å². The maximum Gasteiger partial charge on any atom is 0.101 e. The van der Waals surface area contributed by atoms with Crippen molar-refractivity contribution in [1.82, 2.24) is 0 Å². The van der Waals surface area contributed by atoms with Crippen molar-refractivity contribution >= 4 is 0 Å². The molecular formula is C23H24N2. The van der Waals surface area contributed by atoms with Gasteiger partial charge < -0.3 is 0 Å². The highest BCUT2D eigenvalue weighted by Gasteiger charge is 2.21. The molecule has 1 saturated carbocycles. The largest absolute Gasteiger partial charge is 0.192 e. The molecule has 2 aromatic rings. The first-order valence-electron chi connectivity index (χ1n) is 9.29. The van der Waals surface area contributed by atoms with Crippen LogP contribution in [0.1, 0.15) is 68.1 Å². The van der Waals surface area contributed by atoms with Crippen LogP contribution < -0.4 is 0 Å². The van der Waals surface area contributed by atoms with Gasteiger partial charge in [-0.25, -0.2) is 0 Å². The quantitative estimate of drug-likeness (QED) is 0.673. The number of rotatable bonds is 4. The molecular weight excluding hydrogens is 304 g/mol. The molecule has 0 heterocycles. The van der Waals surface area contributed by atoms with E-state index in [-0.39, 0.29) is 0 Å². The van der Waals surface area contributed by atoms with E-state index in [4.69, 9.17) is 5.26 Å². The van der Waals surface area contributed by atoms with Gasteiger partial charge >= 0.3 is 0 Å². The standard InChI is InChI=1S/C23H24N2/c1-2-3-17-4-6-18(7-5-17)19-8-10-20(11-9-19)21-12-13-22(15-24)23(14-21)16-25/h8-14,17-18H,2-7H2,1H3. The van der Waals surface area contributed by atoms with Gasteiger partial charge in [0.1, 0.15) is 12.1 Å². The molecule has 0 aliphatic heterocycles. The van der Waals surface area contributed by atoms with Crippen molar-refractivity contribution < 1.29 is 0 Å². The van der Waals surface area contributed by atoms with Crippen molar-refractivity contribution in [2.45, 2.75) is 51.4 Å². The van der Waals surface area contributed by atoms with Gasteiger partial charge in [-0.1, -0.05) is 50.1 Å². The van der Waals surface area contributed by atoms with Gasteiger partial charge in [-0.15, -0.1) is 0 Å². The molecule has 1 fully saturated rings. The summed E-state index contributed by atoms with van der Waals surface area (Å²) in [5.41, 5.74) is 4.41. The zero-order valence-corrected chi connectivity index (χ0v) is 14.8. The van der Waals surface area contributed by atoms with Crippen LogP contribution in [0.15, 0.2) is 42.5 Å². The molecule has 2 heteroatoms. The monoisotopic (exact) mass is 328 g/mol. The Morgan fingerprint density at radius 3 is 2.08 bits per heavy atom. The van der Waals surface area contributed by atoms with Gasteiger partial charge in [0.15, 0.2) is 0 Å². The van der Waals surface area contributed by atoms with E-state index in [0.717, 1.165) is 17.0 Å². The Balaban J connectivity index is 1.73. The Hall–Kier alpha value is -2.58. The average molecular weight is 328 g/mol. The summed E-state index contributed by atoms with van der Waals surface area (Å²) < 4.78 is 0. The molecule has 25 heavy (non-hydrogen) atoms. The van der Waals surface area contributed by atoms with Crippen LogP contribution in [0.5, 0.6) is 0 Å². The molecule has 0 unspecified atom stereocenters. The first-order chi connectivity index (χ1) is 12.2. The van der Waals surface area contributed by atoms with Crippen molar-refractivity contribution in [1.29, 1.82) is 10.5 Å². The molecule has 0 bridgehead atoms. The summed E-state index contributed by atoms with van der Waals surface area (Å²) in [6.45, 7) is 2.28. The van der Waals surface area contributed by atoms with Crippen LogP contribution in [0.2, 0.25) is 0 Å². The van der Waals surface area contributed by atoms with E-state index in [9.17, 15) is 5.26 Å². The third kappa shape index (κ3) is 3.92. The predicted molar refractivity (Wildman–Crippen MR) is 101 cm³/mol. The van der Waals surface area contributed by atoms with Crippen LogP contribution in [0.25, 0.3) is 11.1 Å². The highest BCUT2D eigenvalue weighted by Crippen LogP contribution is 2.38. The predicted octanol–water partition coefficient (Wildman–Crippen LogP) is 6.17. The number of hydrogen-bond acceptors (Lipinski definition) is 2. The zero-order valence-electron chi connectivity index (χ0n) is 14.8. The molecule has 0 N–H and O–H groups in total. The number of nitrogens with zero attached hydrogens (tertiary/aromatic N) is 2. The minimum Gasteiger partial charge on any atom is -0.192 e. The summed E-state index contributed by atoms with van der Waals surface area (Å²) in [4.78, 5) is 0. The van der Waals surface area contributed by atoms with Gasteiger partial charge in [0.05, 0.1) is 11.1 Å². The van der Waals surface area contributed by atoms with E-state index in [1.54, 1.807) is 6.07 Å². The van der Waals surface area contributed by atoms with Gasteiger partial charge in [-0.2, -0.15) is 10.5 Å². The van der Waals surface area contributed by atoms with Gasteiger partial charge in [0.2, 0.25) is 0 Å². The van der Waals surface area contributed by atoms with Crippen LogP contribution in [-0.2, 0) is 0 Å². The number of benzene rings is 2. The second kappa shape index (κ2) is 8.00. The summed E-state index contributed by atoms with van der Waals surface area (Å²) in [6, 6.07) is 18.4.